The number of allylic oxidation sites excluding steroid dienone is 1. The maximum absolute atomic E-state index is 12.5. The van der Waals surface area contributed by atoms with Crippen molar-refractivity contribution in [2.75, 3.05) is 13.2 Å². The minimum atomic E-state index is -0.0664. The van der Waals surface area contributed by atoms with Gasteiger partial charge >= 0.3 is 0 Å². The first-order valence-electron chi connectivity index (χ1n) is 11.7. The van der Waals surface area contributed by atoms with Gasteiger partial charge in [0.2, 0.25) is 5.91 Å². The minimum Gasteiger partial charge on any atom is -0.493 e. The smallest absolute Gasteiger partial charge is 0.244 e. The Balaban J connectivity index is 1.94. The number of rotatable bonds is 10. The minimum absolute atomic E-state index is 0.0664. The number of hydrogen-bond donors (Lipinski definition) is 1. The number of nitrogens with one attached hydrogen (secondary N) is 1. The van der Waals surface area contributed by atoms with Crippen LogP contribution < -0.4 is 10.1 Å². The summed E-state index contributed by atoms with van der Waals surface area (Å²) in [6, 6.07) is 10.5. The van der Waals surface area contributed by atoms with Gasteiger partial charge in [-0.3, -0.25) is 4.79 Å². The van der Waals surface area contributed by atoms with Gasteiger partial charge in [0.15, 0.2) is 0 Å². The van der Waals surface area contributed by atoms with E-state index < -0.39 is 0 Å². The number of ether oxygens (including phenoxy) is 1. The number of carbonyl (C=O) groups excluding carboxylic acids is 1. The number of furan rings is 1. The first-order valence-corrected chi connectivity index (χ1v) is 11.7. The van der Waals surface area contributed by atoms with E-state index in [4.69, 9.17) is 9.15 Å². The number of amides is 1. The van der Waals surface area contributed by atoms with Crippen molar-refractivity contribution in [3.63, 3.8) is 0 Å². The Kier molecular flexibility index (Phi) is 8.15. The fourth-order valence-electron chi connectivity index (χ4n) is 4.05. The molecule has 0 atom stereocenters. The molecule has 2 aromatic carbocycles. The third-order valence-electron chi connectivity index (χ3n) is 5.75. The number of hydrogen-bond acceptors (Lipinski definition) is 3. The molecule has 1 amide bonds. The van der Waals surface area contributed by atoms with Crippen LogP contribution in [0.2, 0.25) is 0 Å². The zero-order valence-electron chi connectivity index (χ0n) is 20.0. The van der Waals surface area contributed by atoms with Crippen molar-refractivity contribution in [3.05, 3.63) is 59.4 Å². The van der Waals surface area contributed by atoms with E-state index in [0.717, 1.165) is 51.8 Å². The molecule has 1 heterocycles. The van der Waals surface area contributed by atoms with Crippen LogP contribution in [0.15, 0.2) is 47.1 Å². The van der Waals surface area contributed by atoms with Crippen molar-refractivity contribution in [2.45, 2.75) is 60.3 Å². The maximum atomic E-state index is 12.5. The van der Waals surface area contributed by atoms with Crippen molar-refractivity contribution in [1.82, 2.24) is 5.32 Å². The molecule has 0 spiro atoms. The number of carbonyl (C=O) groups is 1. The predicted molar refractivity (Wildman–Crippen MR) is 133 cm³/mol. The van der Waals surface area contributed by atoms with Crippen LogP contribution in [-0.2, 0) is 4.79 Å². The molecule has 0 unspecified atom stereocenters. The van der Waals surface area contributed by atoms with Crippen LogP contribution in [0.5, 0.6) is 5.75 Å². The molecule has 0 radical (unpaired) electrons. The van der Waals surface area contributed by atoms with Gasteiger partial charge < -0.3 is 14.5 Å². The van der Waals surface area contributed by atoms with Crippen LogP contribution in [0.1, 0.15) is 63.1 Å². The third kappa shape index (κ3) is 5.61. The van der Waals surface area contributed by atoms with Crippen molar-refractivity contribution in [1.29, 1.82) is 0 Å². The molecule has 0 saturated carbocycles. The van der Waals surface area contributed by atoms with Crippen LogP contribution in [0.25, 0.3) is 27.7 Å². The second kappa shape index (κ2) is 11.0. The zero-order chi connectivity index (χ0) is 23.1. The average molecular weight is 434 g/mol. The molecule has 4 nitrogen and oxygen atoms in total. The van der Waals surface area contributed by atoms with Crippen molar-refractivity contribution in [2.24, 2.45) is 0 Å². The second-order valence-corrected chi connectivity index (χ2v) is 8.42. The summed E-state index contributed by atoms with van der Waals surface area (Å²) >= 11 is 0. The first-order chi connectivity index (χ1) is 15.4. The van der Waals surface area contributed by atoms with E-state index in [-0.39, 0.29) is 5.91 Å². The Hall–Kier alpha value is -3.01. The van der Waals surface area contributed by atoms with E-state index in [2.05, 4.69) is 50.4 Å². The summed E-state index contributed by atoms with van der Waals surface area (Å²) in [4.78, 5) is 12.5. The number of benzene rings is 2. The number of aryl methyl sites for hydroxylation is 2. The van der Waals surface area contributed by atoms with Crippen LogP contribution >= 0.6 is 0 Å². The lowest BCUT2D eigenvalue weighted by molar-refractivity contribution is -0.116. The fraction of sp³-hybridized carbons (Fsp3) is 0.393. The van der Waals surface area contributed by atoms with Gasteiger partial charge in [-0.2, -0.15) is 0 Å². The van der Waals surface area contributed by atoms with Gasteiger partial charge in [-0.05, 0) is 56.9 Å². The van der Waals surface area contributed by atoms with Crippen molar-refractivity contribution >= 4 is 22.4 Å². The van der Waals surface area contributed by atoms with Gasteiger partial charge in [0, 0.05) is 35.2 Å². The molecule has 3 aromatic rings. The molecule has 4 heteroatoms. The molecule has 32 heavy (non-hydrogen) atoms. The molecule has 1 N–H and O–H groups in total. The standard InChI is InChI=1S/C28H35NO3/c1-6-8-9-10-13-29-28(30)15-21(5)23-16-24-25(22-12-11-19(3)14-20(22)4)18-32-27(24)17-26(23)31-7-2/h11-12,14-18H,6-10,13H2,1-5H3,(H,29,30)/b21-15+. The van der Waals surface area contributed by atoms with Gasteiger partial charge in [0.1, 0.15) is 11.3 Å². The van der Waals surface area contributed by atoms with E-state index >= 15 is 0 Å². The normalized spacial score (nSPS) is 11.7. The Morgan fingerprint density at radius 3 is 2.59 bits per heavy atom. The molecule has 0 bridgehead atoms. The topological polar surface area (TPSA) is 51.5 Å². The molecular weight excluding hydrogens is 398 g/mol. The predicted octanol–water partition coefficient (Wildman–Crippen LogP) is 7.22. The van der Waals surface area contributed by atoms with E-state index in [0.29, 0.717) is 13.2 Å². The Labute approximate surface area is 191 Å². The van der Waals surface area contributed by atoms with Gasteiger partial charge in [-0.15, -0.1) is 0 Å². The molecule has 0 fully saturated rings. The number of unbranched alkanes of at least 4 members (excludes halogenated alkanes) is 3. The van der Waals surface area contributed by atoms with E-state index in [9.17, 15) is 4.79 Å². The highest BCUT2D eigenvalue weighted by molar-refractivity contribution is 6.00. The lowest BCUT2D eigenvalue weighted by Gasteiger charge is -2.12. The monoisotopic (exact) mass is 433 g/mol. The highest BCUT2D eigenvalue weighted by Crippen LogP contribution is 2.38. The third-order valence-corrected chi connectivity index (χ3v) is 5.75. The lowest BCUT2D eigenvalue weighted by atomic mass is 9.96. The summed E-state index contributed by atoms with van der Waals surface area (Å²) in [6.07, 6.45) is 8.03. The summed E-state index contributed by atoms with van der Waals surface area (Å²) in [7, 11) is 0. The Morgan fingerprint density at radius 2 is 1.88 bits per heavy atom. The Morgan fingerprint density at radius 1 is 1.06 bits per heavy atom. The molecule has 3 rings (SSSR count). The molecule has 1 aromatic heterocycles. The highest BCUT2D eigenvalue weighted by atomic mass is 16.5. The summed E-state index contributed by atoms with van der Waals surface area (Å²) in [5.41, 5.74) is 7.20. The molecule has 0 aliphatic carbocycles. The summed E-state index contributed by atoms with van der Waals surface area (Å²) < 4.78 is 11.8. The van der Waals surface area contributed by atoms with Crippen LogP contribution in [0.3, 0.4) is 0 Å². The summed E-state index contributed by atoms with van der Waals surface area (Å²) in [5, 5.41) is 4.02. The van der Waals surface area contributed by atoms with Crippen molar-refractivity contribution in [3.8, 4) is 16.9 Å². The van der Waals surface area contributed by atoms with Gasteiger partial charge in [0.05, 0.1) is 12.9 Å². The van der Waals surface area contributed by atoms with Gasteiger partial charge in [-0.1, -0.05) is 49.9 Å². The SMILES string of the molecule is CCCCCCNC(=O)/C=C(\C)c1cc2c(-c3ccc(C)cc3C)coc2cc1OCC. The molecule has 0 saturated heterocycles. The lowest BCUT2D eigenvalue weighted by Crippen LogP contribution is -2.22. The van der Waals surface area contributed by atoms with Gasteiger partial charge in [0.25, 0.3) is 0 Å². The zero-order valence-corrected chi connectivity index (χ0v) is 20.0. The van der Waals surface area contributed by atoms with Crippen molar-refractivity contribution < 1.29 is 13.9 Å². The summed E-state index contributed by atoms with van der Waals surface area (Å²) in [6.45, 7) is 11.6. The van der Waals surface area contributed by atoms with Crippen LogP contribution in [0, 0.1) is 13.8 Å². The second-order valence-electron chi connectivity index (χ2n) is 8.42. The molecular formula is C28H35NO3. The molecule has 0 aliphatic rings. The average Bonchev–Trinajstić information content (AvgIpc) is 3.16. The quantitative estimate of drug-likeness (QED) is 0.271. The molecule has 0 aliphatic heterocycles. The van der Waals surface area contributed by atoms with Gasteiger partial charge in [-0.25, -0.2) is 0 Å². The Bertz CT molecular complexity index is 1110. The highest BCUT2D eigenvalue weighted by Gasteiger charge is 2.16. The molecule has 170 valence electrons. The fourth-order valence-corrected chi connectivity index (χ4v) is 4.05. The van der Waals surface area contributed by atoms with E-state index in [1.54, 1.807) is 6.08 Å². The van der Waals surface area contributed by atoms with E-state index in [1.807, 2.05) is 26.2 Å². The summed E-state index contributed by atoms with van der Waals surface area (Å²) in [5.74, 6) is 0.661. The number of fused-ring (bicyclic) bond motifs is 1. The largest absolute Gasteiger partial charge is 0.493 e. The van der Waals surface area contributed by atoms with Crippen LogP contribution in [0.4, 0.5) is 0 Å². The first kappa shape index (κ1) is 23.6. The maximum Gasteiger partial charge on any atom is 0.244 e. The van der Waals surface area contributed by atoms with E-state index in [1.165, 1.54) is 24.0 Å². The van der Waals surface area contributed by atoms with Crippen LogP contribution in [-0.4, -0.2) is 19.1 Å².